The Morgan fingerprint density at radius 1 is 1.44 bits per heavy atom. The van der Waals surface area contributed by atoms with Gasteiger partial charge in [-0.2, -0.15) is 0 Å². The van der Waals surface area contributed by atoms with Gasteiger partial charge in [0.1, 0.15) is 5.75 Å². The highest BCUT2D eigenvalue weighted by Crippen LogP contribution is 2.29. The second kappa shape index (κ2) is 6.07. The second-order valence-electron chi connectivity index (χ2n) is 4.74. The van der Waals surface area contributed by atoms with Crippen molar-refractivity contribution >= 4 is 5.69 Å². The van der Waals surface area contributed by atoms with Gasteiger partial charge >= 0.3 is 0 Å². The molecule has 0 bridgehead atoms. The standard InChI is InChI=1S/C14H22N2O2/c1-10-6-11(2)14(17-3)13(7-10)16-9-12-8-15-4-5-18-12/h6-7,12,15-16H,4-5,8-9H2,1-3H3. The van der Waals surface area contributed by atoms with Gasteiger partial charge in [-0.05, 0) is 31.0 Å². The van der Waals surface area contributed by atoms with Crippen LogP contribution < -0.4 is 15.4 Å². The number of methoxy groups -OCH3 is 1. The average Bonchev–Trinajstić information content (AvgIpc) is 2.37. The third-order valence-electron chi connectivity index (χ3n) is 3.15. The number of ether oxygens (including phenoxy) is 2. The van der Waals surface area contributed by atoms with E-state index in [1.165, 1.54) is 5.56 Å². The van der Waals surface area contributed by atoms with Crippen LogP contribution in [-0.4, -0.2) is 39.5 Å². The maximum atomic E-state index is 5.67. The van der Waals surface area contributed by atoms with Crippen molar-refractivity contribution in [2.24, 2.45) is 0 Å². The van der Waals surface area contributed by atoms with E-state index in [0.717, 1.165) is 43.2 Å². The zero-order valence-electron chi connectivity index (χ0n) is 11.4. The van der Waals surface area contributed by atoms with Crippen molar-refractivity contribution in [1.82, 2.24) is 5.32 Å². The Hall–Kier alpha value is -1.26. The Balaban J connectivity index is 2.03. The molecule has 0 saturated carbocycles. The third-order valence-corrected chi connectivity index (χ3v) is 3.15. The molecule has 4 heteroatoms. The van der Waals surface area contributed by atoms with Crippen LogP contribution in [0.25, 0.3) is 0 Å². The summed E-state index contributed by atoms with van der Waals surface area (Å²) >= 11 is 0. The Bertz CT molecular complexity index is 401. The van der Waals surface area contributed by atoms with E-state index in [1.54, 1.807) is 7.11 Å². The molecule has 1 aromatic carbocycles. The van der Waals surface area contributed by atoms with Crippen LogP contribution in [0.2, 0.25) is 0 Å². The number of rotatable bonds is 4. The molecule has 1 atom stereocenters. The Kier molecular flexibility index (Phi) is 4.44. The van der Waals surface area contributed by atoms with E-state index in [4.69, 9.17) is 9.47 Å². The normalized spacial score (nSPS) is 19.6. The van der Waals surface area contributed by atoms with E-state index < -0.39 is 0 Å². The van der Waals surface area contributed by atoms with Crippen molar-refractivity contribution in [3.8, 4) is 5.75 Å². The van der Waals surface area contributed by atoms with Crippen LogP contribution >= 0.6 is 0 Å². The lowest BCUT2D eigenvalue weighted by molar-refractivity contribution is 0.0372. The monoisotopic (exact) mass is 250 g/mol. The lowest BCUT2D eigenvalue weighted by Gasteiger charge is -2.25. The number of nitrogens with one attached hydrogen (secondary N) is 2. The topological polar surface area (TPSA) is 42.5 Å². The first-order valence-electron chi connectivity index (χ1n) is 6.42. The van der Waals surface area contributed by atoms with Gasteiger partial charge in [-0.1, -0.05) is 6.07 Å². The van der Waals surface area contributed by atoms with Crippen LogP contribution in [0, 0.1) is 13.8 Å². The molecule has 18 heavy (non-hydrogen) atoms. The summed E-state index contributed by atoms with van der Waals surface area (Å²) in [7, 11) is 1.71. The molecule has 1 heterocycles. The van der Waals surface area contributed by atoms with Crippen molar-refractivity contribution in [2.75, 3.05) is 38.7 Å². The van der Waals surface area contributed by atoms with E-state index in [-0.39, 0.29) is 6.10 Å². The molecule has 2 rings (SSSR count). The number of anilines is 1. The molecule has 4 nitrogen and oxygen atoms in total. The minimum atomic E-state index is 0.226. The summed E-state index contributed by atoms with van der Waals surface area (Å²) in [5.74, 6) is 0.921. The van der Waals surface area contributed by atoms with E-state index in [9.17, 15) is 0 Å². The number of hydrogen-bond acceptors (Lipinski definition) is 4. The van der Waals surface area contributed by atoms with E-state index in [1.807, 2.05) is 0 Å². The van der Waals surface area contributed by atoms with Gasteiger partial charge < -0.3 is 20.1 Å². The highest BCUT2D eigenvalue weighted by molar-refractivity contribution is 5.61. The van der Waals surface area contributed by atoms with Gasteiger partial charge in [-0.15, -0.1) is 0 Å². The van der Waals surface area contributed by atoms with Gasteiger partial charge in [0.05, 0.1) is 25.5 Å². The maximum Gasteiger partial charge on any atom is 0.144 e. The number of benzene rings is 1. The van der Waals surface area contributed by atoms with E-state index >= 15 is 0 Å². The minimum absolute atomic E-state index is 0.226. The lowest BCUT2D eigenvalue weighted by Crippen LogP contribution is -2.42. The van der Waals surface area contributed by atoms with Gasteiger partial charge in [0.15, 0.2) is 0 Å². The molecule has 0 aliphatic carbocycles. The van der Waals surface area contributed by atoms with Crippen LogP contribution in [0.4, 0.5) is 5.69 Å². The van der Waals surface area contributed by atoms with Crippen molar-refractivity contribution in [1.29, 1.82) is 0 Å². The number of morpholine rings is 1. The predicted molar refractivity (Wildman–Crippen MR) is 73.6 cm³/mol. The predicted octanol–water partition coefficient (Wildman–Crippen LogP) is 1.71. The first-order chi connectivity index (χ1) is 8.70. The first kappa shape index (κ1) is 13.2. The minimum Gasteiger partial charge on any atom is -0.494 e. The fourth-order valence-electron chi connectivity index (χ4n) is 2.33. The quantitative estimate of drug-likeness (QED) is 0.854. The van der Waals surface area contributed by atoms with E-state index in [0.29, 0.717) is 0 Å². The summed E-state index contributed by atoms with van der Waals surface area (Å²) in [5, 5.41) is 6.75. The van der Waals surface area contributed by atoms with Gasteiger partial charge in [0, 0.05) is 19.6 Å². The highest BCUT2D eigenvalue weighted by atomic mass is 16.5. The lowest BCUT2D eigenvalue weighted by atomic mass is 10.1. The van der Waals surface area contributed by atoms with Crippen LogP contribution in [0.1, 0.15) is 11.1 Å². The largest absolute Gasteiger partial charge is 0.494 e. The second-order valence-corrected chi connectivity index (χ2v) is 4.74. The van der Waals surface area contributed by atoms with Crippen molar-refractivity contribution < 1.29 is 9.47 Å². The molecule has 1 fully saturated rings. The molecule has 100 valence electrons. The van der Waals surface area contributed by atoms with Gasteiger partial charge in [0.25, 0.3) is 0 Å². The molecule has 1 saturated heterocycles. The molecule has 1 aromatic rings. The van der Waals surface area contributed by atoms with Gasteiger partial charge in [-0.25, -0.2) is 0 Å². The highest BCUT2D eigenvalue weighted by Gasteiger charge is 2.14. The van der Waals surface area contributed by atoms with Crippen LogP contribution in [0.15, 0.2) is 12.1 Å². The molecular formula is C14H22N2O2. The number of aryl methyl sites for hydroxylation is 2. The number of hydrogen-bond donors (Lipinski definition) is 2. The summed E-state index contributed by atoms with van der Waals surface area (Å²) in [6, 6.07) is 4.24. The first-order valence-corrected chi connectivity index (χ1v) is 6.42. The molecule has 0 aromatic heterocycles. The fourth-order valence-corrected chi connectivity index (χ4v) is 2.33. The molecule has 0 spiro atoms. The van der Waals surface area contributed by atoms with Crippen LogP contribution in [0.3, 0.4) is 0 Å². The van der Waals surface area contributed by atoms with Crippen LogP contribution in [-0.2, 0) is 4.74 Å². The van der Waals surface area contributed by atoms with Gasteiger partial charge in [-0.3, -0.25) is 0 Å². The summed E-state index contributed by atoms with van der Waals surface area (Å²) < 4.78 is 11.1. The Morgan fingerprint density at radius 3 is 2.94 bits per heavy atom. The zero-order valence-corrected chi connectivity index (χ0v) is 11.4. The molecule has 0 amide bonds. The van der Waals surface area contributed by atoms with Gasteiger partial charge in [0.2, 0.25) is 0 Å². The molecule has 0 radical (unpaired) electrons. The summed E-state index contributed by atoms with van der Waals surface area (Å²) in [5.41, 5.74) is 3.44. The van der Waals surface area contributed by atoms with Crippen molar-refractivity contribution in [2.45, 2.75) is 20.0 Å². The Morgan fingerprint density at radius 2 is 2.28 bits per heavy atom. The summed E-state index contributed by atoms with van der Waals surface area (Å²) in [6.07, 6.45) is 0.226. The summed E-state index contributed by atoms with van der Waals surface area (Å²) in [4.78, 5) is 0. The average molecular weight is 250 g/mol. The Labute approximate surface area is 109 Å². The molecule has 2 N–H and O–H groups in total. The van der Waals surface area contributed by atoms with E-state index in [2.05, 4.69) is 36.6 Å². The molecule has 1 unspecified atom stereocenters. The van der Waals surface area contributed by atoms with Crippen LogP contribution in [0.5, 0.6) is 5.75 Å². The SMILES string of the molecule is COc1c(C)cc(C)cc1NCC1CNCCO1. The smallest absolute Gasteiger partial charge is 0.144 e. The third kappa shape index (κ3) is 3.15. The van der Waals surface area contributed by atoms with Crippen molar-refractivity contribution in [3.63, 3.8) is 0 Å². The molecule has 1 aliphatic heterocycles. The molecule has 1 aliphatic rings. The summed E-state index contributed by atoms with van der Waals surface area (Å²) in [6.45, 7) is 7.60. The fraction of sp³-hybridized carbons (Fsp3) is 0.571. The molecular weight excluding hydrogens is 228 g/mol. The van der Waals surface area contributed by atoms with Crippen molar-refractivity contribution in [3.05, 3.63) is 23.3 Å². The zero-order chi connectivity index (χ0) is 13.0. The maximum absolute atomic E-state index is 5.67.